The zero-order chi connectivity index (χ0) is 21.4. The van der Waals surface area contributed by atoms with Gasteiger partial charge < -0.3 is 15.1 Å². The van der Waals surface area contributed by atoms with Gasteiger partial charge >= 0.3 is 0 Å². The van der Waals surface area contributed by atoms with Crippen molar-refractivity contribution < 1.29 is 10.2 Å². The van der Waals surface area contributed by atoms with Gasteiger partial charge in [-0.15, -0.1) is 0 Å². The van der Waals surface area contributed by atoms with Gasteiger partial charge in [0.1, 0.15) is 11.5 Å². The average molecular weight is 406 g/mol. The Labute approximate surface area is 180 Å². The van der Waals surface area contributed by atoms with Crippen LogP contribution in [0.5, 0.6) is 11.5 Å². The molecule has 152 valence electrons. The number of pyridine rings is 1. The van der Waals surface area contributed by atoms with Crippen LogP contribution in [0.2, 0.25) is 0 Å². The summed E-state index contributed by atoms with van der Waals surface area (Å²) in [6.07, 6.45) is 3.56. The van der Waals surface area contributed by atoms with E-state index in [-0.39, 0.29) is 11.5 Å². The molecule has 0 spiro atoms. The van der Waals surface area contributed by atoms with Gasteiger partial charge in [-0.05, 0) is 69.1 Å². The summed E-state index contributed by atoms with van der Waals surface area (Å²) in [6, 6.07) is 25.5. The molecule has 4 aromatic carbocycles. The van der Waals surface area contributed by atoms with E-state index in [1.54, 1.807) is 18.3 Å². The number of hydrogen-bond donors (Lipinski definition) is 2. The molecule has 0 aliphatic heterocycles. The van der Waals surface area contributed by atoms with Crippen molar-refractivity contribution in [2.75, 3.05) is 11.9 Å². The molecular formula is C27H22N2O2. The van der Waals surface area contributed by atoms with Gasteiger partial charge in [0.05, 0.1) is 11.9 Å². The van der Waals surface area contributed by atoms with Crippen LogP contribution in [0.15, 0.2) is 91.3 Å². The molecule has 4 nitrogen and oxygen atoms in total. The first kappa shape index (κ1) is 18.9. The monoisotopic (exact) mass is 406 g/mol. The van der Waals surface area contributed by atoms with Gasteiger partial charge in [-0.3, -0.25) is 4.98 Å². The predicted octanol–water partition coefficient (Wildman–Crippen LogP) is 6.10. The van der Waals surface area contributed by atoms with Crippen molar-refractivity contribution in [1.82, 2.24) is 4.98 Å². The minimum absolute atomic E-state index is 0.240. The molecule has 31 heavy (non-hydrogen) atoms. The van der Waals surface area contributed by atoms with Crippen LogP contribution in [0.4, 0.5) is 5.69 Å². The number of rotatable bonds is 4. The number of nitrogens with zero attached hydrogens (tertiary/aromatic N) is 2. The highest BCUT2D eigenvalue weighted by Gasteiger charge is 2.13. The number of hydrogen-bond acceptors (Lipinski definition) is 4. The third kappa shape index (κ3) is 3.53. The maximum atomic E-state index is 10.9. The van der Waals surface area contributed by atoms with Crippen molar-refractivity contribution in [3.8, 4) is 22.6 Å². The molecule has 0 atom stereocenters. The predicted molar refractivity (Wildman–Crippen MR) is 127 cm³/mol. The number of fused-ring (bicyclic) bond motifs is 2. The van der Waals surface area contributed by atoms with Gasteiger partial charge in [0, 0.05) is 25.4 Å². The van der Waals surface area contributed by atoms with Crippen LogP contribution in [0.3, 0.4) is 0 Å². The first-order valence-electron chi connectivity index (χ1n) is 10.2. The topological polar surface area (TPSA) is 56.6 Å². The second-order valence-corrected chi connectivity index (χ2v) is 7.79. The van der Waals surface area contributed by atoms with Crippen LogP contribution < -0.4 is 4.90 Å². The highest BCUT2D eigenvalue weighted by Crippen LogP contribution is 2.37. The Bertz CT molecular complexity index is 1400. The van der Waals surface area contributed by atoms with E-state index in [1.165, 1.54) is 0 Å². The summed E-state index contributed by atoms with van der Waals surface area (Å²) in [5.41, 5.74) is 3.90. The molecule has 0 radical (unpaired) electrons. The van der Waals surface area contributed by atoms with Crippen LogP contribution in [-0.4, -0.2) is 22.2 Å². The fourth-order valence-electron chi connectivity index (χ4n) is 4.14. The molecule has 0 amide bonds. The number of aromatic nitrogens is 1. The zero-order valence-electron chi connectivity index (χ0n) is 17.2. The Kier molecular flexibility index (Phi) is 4.68. The lowest BCUT2D eigenvalue weighted by Crippen LogP contribution is -2.16. The molecule has 0 unspecified atom stereocenters. The number of anilines is 1. The Morgan fingerprint density at radius 1 is 0.774 bits per heavy atom. The maximum Gasteiger partial charge on any atom is 0.121 e. The van der Waals surface area contributed by atoms with Crippen molar-refractivity contribution in [1.29, 1.82) is 0 Å². The van der Waals surface area contributed by atoms with Crippen molar-refractivity contribution in [2.24, 2.45) is 0 Å². The number of aromatic hydroxyl groups is 2. The average Bonchev–Trinajstić information content (AvgIpc) is 2.79. The summed E-state index contributed by atoms with van der Waals surface area (Å²) in [4.78, 5) is 6.23. The maximum absolute atomic E-state index is 10.9. The Morgan fingerprint density at radius 3 is 2.26 bits per heavy atom. The Balaban J connectivity index is 1.61. The first-order chi connectivity index (χ1) is 15.1. The van der Waals surface area contributed by atoms with E-state index in [1.807, 2.05) is 61.8 Å². The quantitative estimate of drug-likeness (QED) is 0.378. The molecule has 5 aromatic rings. The summed E-state index contributed by atoms with van der Waals surface area (Å²) >= 11 is 0. The highest BCUT2D eigenvalue weighted by atomic mass is 16.3. The number of phenolic OH excluding ortho intramolecular Hbond substituents is 2. The SMILES string of the molecule is CN(Cc1cc2cccc(-c3cccc4ccc(O)cc34)c2cc1O)c1cccnc1. The third-order valence-corrected chi connectivity index (χ3v) is 5.73. The molecule has 4 heteroatoms. The number of phenols is 2. The highest BCUT2D eigenvalue weighted by molar-refractivity contribution is 6.06. The zero-order valence-corrected chi connectivity index (χ0v) is 17.2. The van der Waals surface area contributed by atoms with E-state index in [0.717, 1.165) is 43.9 Å². The molecule has 0 aliphatic carbocycles. The molecular weight excluding hydrogens is 384 g/mol. The van der Waals surface area contributed by atoms with Crippen LogP contribution in [0, 0.1) is 0 Å². The van der Waals surface area contributed by atoms with E-state index in [0.29, 0.717) is 6.54 Å². The summed E-state index contributed by atoms with van der Waals surface area (Å²) in [5.74, 6) is 0.502. The van der Waals surface area contributed by atoms with E-state index in [2.05, 4.69) is 28.1 Å². The molecule has 0 aliphatic rings. The first-order valence-corrected chi connectivity index (χ1v) is 10.2. The minimum atomic E-state index is 0.240. The standard InChI is InChI=1S/C27H22N2O2/c1-29(21-7-4-12-28-16-21)17-20-13-19-6-3-9-24(26(19)15-27(20)31)23-8-2-5-18-10-11-22(30)14-25(18)23/h2-16,30-31H,17H2,1H3. The third-order valence-electron chi connectivity index (χ3n) is 5.73. The van der Waals surface area contributed by atoms with Crippen molar-refractivity contribution in [2.45, 2.75) is 6.54 Å². The lowest BCUT2D eigenvalue weighted by Gasteiger charge is -2.20. The van der Waals surface area contributed by atoms with Gasteiger partial charge in [0.15, 0.2) is 0 Å². The van der Waals surface area contributed by atoms with Crippen molar-refractivity contribution in [3.05, 3.63) is 96.8 Å². The molecule has 1 aromatic heterocycles. The van der Waals surface area contributed by atoms with Crippen LogP contribution in [-0.2, 0) is 6.54 Å². The molecule has 5 rings (SSSR count). The molecule has 1 heterocycles. The van der Waals surface area contributed by atoms with Gasteiger partial charge in [0.25, 0.3) is 0 Å². The second kappa shape index (κ2) is 7.65. The normalized spacial score (nSPS) is 11.1. The summed E-state index contributed by atoms with van der Waals surface area (Å²) in [5, 5.41) is 25.0. The van der Waals surface area contributed by atoms with Crippen molar-refractivity contribution >= 4 is 27.2 Å². The fourth-order valence-corrected chi connectivity index (χ4v) is 4.14. The Hall–Kier alpha value is -4.05. The summed E-state index contributed by atoms with van der Waals surface area (Å²) in [6.45, 7) is 0.569. The van der Waals surface area contributed by atoms with E-state index in [4.69, 9.17) is 0 Å². The summed E-state index contributed by atoms with van der Waals surface area (Å²) in [7, 11) is 1.99. The fraction of sp³-hybridized carbons (Fsp3) is 0.0741. The van der Waals surface area contributed by atoms with Crippen LogP contribution >= 0.6 is 0 Å². The summed E-state index contributed by atoms with van der Waals surface area (Å²) < 4.78 is 0. The lowest BCUT2D eigenvalue weighted by atomic mass is 9.93. The molecule has 0 saturated heterocycles. The Morgan fingerprint density at radius 2 is 1.52 bits per heavy atom. The largest absolute Gasteiger partial charge is 0.508 e. The van der Waals surface area contributed by atoms with E-state index < -0.39 is 0 Å². The molecule has 2 N–H and O–H groups in total. The van der Waals surface area contributed by atoms with E-state index >= 15 is 0 Å². The second-order valence-electron chi connectivity index (χ2n) is 7.79. The van der Waals surface area contributed by atoms with Crippen molar-refractivity contribution in [3.63, 3.8) is 0 Å². The van der Waals surface area contributed by atoms with Gasteiger partial charge in [-0.1, -0.05) is 42.5 Å². The minimum Gasteiger partial charge on any atom is -0.508 e. The molecule has 0 bridgehead atoms. The number of benzene rings is 4. The van der Waals surface area contributed by atoms with Gasteiger partial charge in [-0.25, -0.2) is 0 Å². The lowest BCUT2D eigenvalue weighted by molar-refractivity contribution is 0.468. The molecule has 0 saturated carbocycles. The van der Waals surface area contributed by atoms with E-state index in [9.17, 15) is 10.2 Å². The smallest absolute Gasteiger partial charge is 0.121 e. The van der Waals surface area contributed by atoms with Crippen LogP contribution in [0.1, 0.15) is 5.56 Å². The molecule has 0 fully saturated rings. The van der Waals surface area contributed by atoms with Gasteiger partial charge in [-0.2, -0.15) is 0 Å². The van der Waals surface area contributed by atoms with Crippen LogP contribution in [0.25, 0.3) is 32.7 Å². The van der Waals surface area contributed by atoms with Gasteiger partial charge in [0.2, 0.25) is 0 Å².